The van der Waals surface area contributed by atoms with E-state index < -0.39 is 0 Å². The smallest absolute Gasteiger partial charge is 0.273 e. The Morgan fingerprint density at radius 1 is 1.12 bits per heavy atom. The summed E-state index contributed by atoms with van der Waals surface area (Å²) in [5, 5.41) is 7.08. The van der Waals surface area contributed by atoms with Crippen LogP contribution in [0.2, 0.25) is 5.02 Å². The molecule has 0 fully saturated rings. The maximum Gasteiger partial charge on any atom is 0.273 e. The third-order valence-corrected chi connectivity index (χ3v) is 4.50. The van der Waals surface area contributed by atoms with E-state index in [4.69, 9.17) is 25.9 Å². The summed E-state index contributed by atoms with van der Waals surface area (Å²) in [7, 11) is 0. The zero-order chi connectivity index (χ0) is 17.9. The Kier molecular flexibility index (Phi) is 4.67. The summed E-state index contributed by atoms with van der Waals surface area (Å²) in [6.45, 7) is 1.13. The molecule has 2 aliphatic heterocycles. The number of hydrogen-bond donors (Lipinski definition) is 1. The van der Waals surface area contributed by atoms with Crippen LogP contribution in [0, 0.1) is 0 Å². The molecule has 6 nitrogen and oxygen atoms in total. The predicted octanol–water partition coefficient (Wildman–Crippen LogP) is 3.96. The van der Waals surface area contributed by atoms with E-state index in [2.05, 4.69) is 10.5 Å². The molecule has 0 aromatic heterocycles. The summed E-state index contributed by atoms with van der Waals surface area (Å²) >= 11 is 6.27. The minimum Gasteiger partial charge on any atom is -0.490 e. The van der Waals surface area contributed by atoms with Gasteiger partial charge in [-0.25, -0.2) is 0 Å². The highest BCUT2D eigenvalue weighted by Crippen LogP contribution is 2.38. The van der Waals surface area contributed by atoms with Gasteiger partial charge in [-0.1, -0.05) is 47.1 Å². The van der Waals surface area contributed by atoms with Crippen molar-refractivity contribution in [3.05, 3.63) is 53.1 Å². The maximum atomic E-state index is 12.5. The summed E-state index contributed by atoms with van der Waals surface area (Å²) in [5.74, 6) is 0.796. The molecule has 2 aromatic rings. The lowest BCUT2D eigenvalue weighted by atomic mass is 10.0. The van der Waals surface area contributed by atoms with Gasteiger partial charge in [0.2, 0.25) is 0 Å². The Balaban J connectivity index is 1.46. The second-order valence-electron chi connectivity index (χ2n) is 6.03. The predicted molar refractivity (Wildman–Crippen MR) is 98.0 cm³/mol. The number of rotatable bonds is 3. The average Bonchev–Trinajstić information content (AvgIpc) is 3.05. The second kappa shape index (κ2) is 7.25. The molecule has 1 N–H and O–H groups in total. The van der Waals surface area contributed by atoms with E-state index in [0.29, 0.717) is 47.6 Å². The van der Waals surface area contributed by atoms with Gasteiger partial charge in [0, 0.05) is 25.0 Å². The van der Waals surface area contributed by atoms with Gasteiger partial charge in [0.25, 0.3) is 5.91 Å². The largest absolute Gasteiger partial charge is 0.490 e. The summed E-state index contributed by atoms with van der Waals surface area (Å²) < 4.78 is 11.2. The molecule has 4 rings (SSSR count). The Morgan fingerprint density at radius 3 is 2.62 bits per heavy atom. The van der Waals surface area contributed by atoms with Crippen molar-refractivity contribution in [2.24, 2.45) is 5.16 Å². The molecule has 134 valence electrons. The number of fused-ring (bicyclic) bond motifs is 1. The second-order valence-corrected chi connectivity index (χ2v) is 6.44. The van der Waals surface area contributed by atoms with Crippen LogP contribution in [-0.2, 0) is 9.63 Å². The highest BCUT2D eigenvalue weighted by molar-refractivity contribution is 6.44. The number of benzene rings is 2. The van der Waals surface area contributed by atoms with Gasteiger partial charge in [-0.05, 0) is 5.56 Å². The van der Waals surface area contributed by atoms with Crippen LogP contribution in [0.4, 0.5) is 5.69 Å². The third kappa shape index (κ3) is 3.46. The number of amides is 1. The minimum absolute atomic E-state index is 0.254. The monoisotopic (exact) mass is 372 g/mol. The Bertz CT molecular complexity index is 854. The van der Waals surface area contributed by atoms with Crippen LogP contribution in [0.15, 0.2) is 47.6 Å². The van der Waals surface area contributed by atoms with Crippen molar-refractivity contribution in [1.29, 1.82) is 0 Å². The maximum absolute atomic E-state index is 12.5. The minimum atomic E-state index is -0.347. The first-order valence-electron chi connectivity index (χ1n) is 8.39. The van der Waals surface area contributed by atoms with Crippen molar-refractivity contribution in [3.8, 4) is 11.5 Å². The Morgan fingerprint density at radius 2 is 1.85 bits per heavy atom. The molecule has 26 heavy (non-hydrogen) atoms. The van der Waals surface area contributed by atoms with Gasteiger partial charge in [0.05, 0.1) is 23.9 Å². The molecule has 0 bridgehead atoms. The van der Waals surface area contributed by atoms with E-state index in [1.165, 1.54) is 0 Å². The molecule has 7 heteroatoms. The molecule has 1 atom stereocenters. The van der Waals surface area contributed by atoms with Crippen LogP contribution in [0.5, 0.6) is 11.5 Å². The van der Waals surface area contributed by atoms with Gasteiger partial charge in [-0.3, -0.25) is 4.79 Å². The van der Waals surface area contributed by atoms with Crippen molar-refractivity contribution in [3.63, 3.8) is 0 Å². The van der Waals surface area contributed by atoms with Crippen molar-refractivity contribution >= 4 is 28.9 Å². The number of oxime groups is 1. The first-order chi connectivity index (χ1) is 12.7. The van der Waals surface area contributed by atoms with Crippen molar-refractivity contribution in [2.75, 3.05) is 18.5 Å². The lowest BCUT2D eigenvalue weighted by Gasteiger charge is -2.12. The highest BCUT2D eigenvalue weighted by Gasteiger charge is 2.28. The van der Waals surface area contributed by atoms with E-state index in [9.17, 15) is 4.79 Å². The number of nitrogens with one attached hydrogen (secondary N) is 1. The number of halogens is 1. The van der Waals surface area contributed by atoms with Crippen LogP contribution in [0.3, 0.4) is 0 Å². The molecular weight excluding hydrogens is 356 g/mol. The van der Waals surface area contributed by atoms with E-state index in [-0.39, 0.29) is 12.0 Å². The molecule has 1 unspecified atom stereocenters. The molecule has 0 spiro atoms. The molecule has 0 radical (unpaired) electrons. The van der Waals surface area contributed by atoms with Crippen molar-refractivity contribution < 1.29 is 19.1 Å². The Labute approximate surface area is 155 Å². The molecule has 2 aromatic carbocycles. The van der Waals surface area contributed by atoms with Crippen LogP contribution >= 0.6 is 11.6 Å². The number of carbonyl (C=O) groups excluding carboxylic acids is 1. The fourth-order valence-corrected chi connectivity index (χ4v) is 3.03. The summed E-state index contributed by atoms with van der Waals surface area (Å²) in [6, 6.07) is 13.0. The number of anilines is 1. The van der Waals surface area contributed by atoms with Crippen LogP contribution in [0.25, 0.3) is 0 Å². The molecule has 0 saturated carbocycles. The van der Waals surface area contributed by atoms with Gasteiger partial charge < -0.3 is 19.6 Å². The van der Waals surface area contributed by atoms with Crippen LogP contribution in [-0.4, -0.2) is 24.8 Å². The van der Waals surface area contributed by atoms with Gasteiger partial charge in [-0.15, -0.1) is 0 Å². The quantitative estimate of drug-likeness (QED) is 0.885. The van der Waals surface area contributed by atoms with Crippen molar-refractivity contribution in [1.82, 2.24) is 0 Å². The molecule has 2 heterocycles. The number of ether oxygens (including phenoxy) is 2. The zero-order valence-electron chi connectivity index (χ0n) is 13.9. The van der Waals surface area contributed by atoms with Gasteiger partial charge in [-0.2, -0.15) is 0 Å². The number of hydrogen-bond acceptors (Lipinski definition) is 5. The average molecular weight is 373 g/mol. The van der Waals surface area contributed by atoms with E-state index in [1.54, 1.807) is 12.1 Å². The molecule has 0 saturated heterocycles. The Hall–Kier alpha value is -2.73. The number of nitrogens with zero attached hydrogens (tertiary/aromatic N) is 1. The normalized spacial score (nSPS) is 18.5. The van der Waals surface area contributed by atoms with E-state index in [0.717, 1.165) is 12.0 Å². The first kappa shape index (κ1) is 16.7. The third-order valence-electron chi connectivity index (χ3n) is 4.19. The van der Waals surface area contributed by atoms with Gasteiger partial charge in [0.1, 0.15) is 5.71 Å². The molecule has 1 amide bonds. The van der Waals surface area contributed by atoms with Gasteiger partial charge in [0.15, 0.2) is 17.6 Å². The lowest BCUT2D eigenvalue weighted by molar-refractivity contribution is -0.110. The summed E-state index contributed by atoms with van der Waals surface area (Å²) in [6.07, 6.45) is 0.942. The fraction of sp³-hybridized carbons (Fsp3) is 0.263. The van der Waals surface area contributed by atoms with Gasteiger partial charge >= 0.3 is 0 Å². The van der Waals surface area contributed by atoms with Crippen molar-refractivity contribution in [2.45, 2.75) is 18.9 Å². The fourth-order valence-electron chi connectivity index (χ4n) is 2.83. The molecular formula is C19H17ClN2O4. The molecule has 2 aliphatic rings. The lowest BCUT2D eigenvalue weighted by Crippen LogP contribution is -2.22. The highest BCUT2D eigenvalue weighted by atomic mass is 35.5. The van der Waals surface area contributed by atoms with E-state index >= 15 is 0 Å². The topological polar surface area (TPSA) is 69.2 Å². The molecule has 0 aliphatic carbocycles. The van der Waals surface area contributed by atoms with E-state index in [1.807, 2.05) is 30.3 Å². The SMILES string of the molecule is O=C(Nc1cc2c(cc1Cl)OCCCO2)C1=NOC(c2ccccc2)C1. The standard InChI is InChI=1S/C19H17ClN2O4/c20-13-9-17-18(25-8-4-7-24-17)10-14(13)21-19(23)15-11-16(26-22-15)12-5-2-1-3-6-12/h1-3,5-6,9-10,16H,4,7-8,11H2,(H,21,23). The summed E-state index contributed by atoms with van der Waals surface area (Å²) in [5.41, 5.74) is 1.75. The van der Waals surface area contributed by atoms with Crippen LogP contribution < -0.4 is 14.8 Å². The zero-order valence-corrected chi connectivity index (χ0v) is 14.7. The first-order valence-corrected chi connectivity index (χ1v) is 8.76. The summed E-state index contributed by atoms with van der Waals surface area (Å²) in [4.78, 5) is 17.9. The number of carbonyl (C=O) groups is 1. The van der Waals surface area contributed by atoms with Crippen LogP contribution in [0.1, 0.15) is 24.5 Å².